The molecular weight excluding hydrogens is 246 g/mol. The lowest BCUT2D eigenvalue weighted by Gasteiger charge is -2.27. The third-order valence-corrected chi connectivity index (χ3v) is 3.14. The van der Waals surface area contributed by atoms with Crippen molar-refractivity contribution in [2.24, 2.45) is 0 Å². The van der Waals surface area contributed by atoms with Gasteiger partial charge < -0.3 is 14.2 Å². The maximum absolute atomic E-state index is 11.8. The van der Waals surface area contributed by atoms with E-state index in [1.165, 1.54) is 7.11 Å². The van der Waals surface area contributed by atoms with Gasteiger partial charge >= 0.3 is 5.97 Å². The van der Waals surface area contributed by atoms with Gasteiger partial charge in [-0.3, -0.25) is 5.32 Å². The molecule has 0 aromatic carbocycles. The molecule has 0 heterocycles. The summed E-state index contributed by atoms with van der Waals surface area (Å²) in [7, 11) is 1.41. The van der Waals surface area contributed by atoms with E-state index < -0.39 is 5.54 Å². The van der Waals surface area contributed by atoms with E-state index in [1.807, 2.05) is 6.92 Å². The highest BCUT2D eigenvalue weighted by Crippen LogP contribution is 2.23. The van der Waals surface area contributed by atoms with E-state index in [-0.39, 0.29) is 5.97 Å². The zero-order chi connectivity index (χ0) is 14.1. The smallest absolute Gasteiger partial charge is 0.328 e. The van der Waals surface area contributed by atoms with E-state index in [9.17, 15) is 4.79 Å². The Balaban J connectivity index is 2.19. The molecule has 1 aliphatic rings. The van der Waals surface area contributed by atoms with Crippen LogP contribution in [0.1, 0.15) is 39.5 Å². The molecule has 1 fully saturated rings. The van der Waals surface area contributed by atoms with E-state index in [1.54, 1.807) is 0 Å². The minimum absolute atomic E-state index is 0.272. The van der Waals surface area contributed by atoms with Gasteiger partial charge in [0.25, 0.3) is 0 Å². The number of unbranched alkanes of at least 4 members (excludes halogenated alkanes) is 1. The van der Waals surface area contributed by atoms with Gasteiger partial charge in [0.2, 0.25) is 0 Å². The van der Waals surface area contributed by atoms with Crippen molar-refractivity contribution in [3.05, 3.63) is 0 Å². The maximum atomic E-state index is 11.8. The number of hydrogen-bond donors (Lipinski definition) is 1. The topological polar surface area (TPSA) is 56.8 Å². The third-order valence-electron chi connectivity index (χ3n) is 3.14. The molecule has 0 radical (unpaired) electrons. The van der Waals surface area contributed by atoms with Crippen LogP contribution in [0.2, 0.25) is 0 Å². The highest BCUT2D eigenvalue weighted by Gasteiger charge is 2.39. The Morgan fingerprint density at radius 3 is 2.53 bits per heavy atom. The number of carbonyl (C=O) groups is 1. The molecule has 1 atom stereocenters. The maximum Gasteiger partial charge on any atom is 0.328 e. The van der Waals surface area contributed by atoms with Gasteiger partial charge in [-0.25, -0.2) is 4.79 Å². The molecule has 1 saturated carbocycles. The first kappa shape index (κ1) is 16.4. The lowest BCUT2D eigenvalue weighted by atomic mass is 10.0. The van der Waals surface area contributed by atoms with Crippen LogP contribution < -0.4 is 5.32 Å². The number of methoxy groups -OCH3 is 1. The van der Waals surface area contributed by atoms with Crippen molar-refractivity contribution in [1.29, 1.82) is 0 Å². The third kappa shape index (κ3) is 6.36. The zero-order valence-electron chi connectivity index (χ0n) is 12.4. The van der Waals surface area contributed by atoms with Crippen LogP contribution in [0.4, 0.5) is 0 Å². The van der Waals surface area contributed by atoms with Crippen molar-refractivity contribution in [3.8, 4) is 0 Å². The molecule has 1 N–H and O–H groups in total. The molecule has 1 rings (SSSR count). The second-order valence-corrected chi connectivity index (χ2v) is 5.26. The quantitative estimate of drug-likeness (QED) is 0.457. The highest BCUT2D eigenvalue weighted by atomic mass is 16.5. The number of nitrogens with one attached hydrogen (secondary N) is 1. The second-order valence-electron chi connectivity index (χ2n) is 5.26. The van der Waals surface area contributed by atoms with E-state index in [4.69, 9.17) is 14.2 Å². The molecule has 0 aromatic heterocycles. The van der Waals surface area contributed by atoms with Gasteiger partial charge in [0.1, 0.15) is 5.54 Å². The standard InChI is InChI=1S/C14H27NO4/c1-4-5-8-18-9-10-19-11-14(2,13(16)17-3)15-12-6-7-12/h12,15H,4-11H2,1-3H3. The Morgan fingerprint density at radius 2 is 1.95 bits per heavy atom. The summed E-state index contributed by atoms with van der Waals surface area (Å²) in [5.41, 5.74) is -0.751. The molecule has 0 spiro atoms. The van der Waals surface area contributed by atoms with Gasteiger partial charge in [-0.2, -0.15) is 0 Å². The number of rotatable bonds is 11. The molecule has 0 aliphatic heterocycles. The van der Waals surface area contributed by atoms with Gasteiger partial charge in [0.15, 0.2) is 0 Å². The van der Waals surface area contributed by atoms with Crippen LogP contribution in [0.5, 0.6) is 0 Å². The molecule has 112 valence electrons. The summed E-state index contributed by atoms with van der Waals surface area (Å²) in [6, 6.07) is 0.425. The molecule has 5 heteroatoms. The molecule has 1 aliphatic carbocycles. The summed E-state index contributed by atoms with van der Waals surface area (Å²) in [4.78, 5) is 11.8. The Labute approximate surface area is 116 Å². The van der Waals surface area contributed by atoms with Gasteiger partial charge in [0, 0.05) is 12.6 Å². The fraction of sp³-hybridized carbons (Fsp3) is 0.929. The molecule has 1 unspecified atom stereocenters. The van der Waals surface area contributed by atoms with Crippen LogP contribution in [0.3, 0.4) is 0 Å². The van der Waals surface area contributed by atoms with E-state index in [0.29, 0.717) is 25.9 Å². The molecule has 0 saturated heterocycles. The zero-order valence-corrected chi connectivity index (χ0v) is 12.4. The molecule has 0 bridgehead atoms. The first-order valence-corrected chi connectivity index (χ1v) is 7.14. The normalized spacial score (nSPS) is 18.1. The molecule has 0 amide bonds. The summed E-state index contributed by atoms with van der Waals surface area (Å²) < 4.78 is 15.8. The first-order chi connectivity index (χ1) is 9.12. The van der Waals surface area contributed by atoms with Crippen molar-refractivity contribution >= 4 is 5.97 Å². The average Bonchev–Trinajstić information content (AvgIpc) is 3.20. The summed E-state index contributed by atoms with van der Waals surface area (Å²) >= 11 is 0. The van der Waals surface area contributed by atoms with Crippen LogP contribution in [-0.2, 0) is 19.0 Å². The van der Waals surface area contributed by atoms with Crippen LogP contribution in [0, 0.1) is 0 Å². The lowest BCUT2D eigenvalue weighted by Crippen LogP contribution is -2.54. The minimum Gasteiger partial charge on any atom is -0.468 e. The van der Waals surface area contributed by atoms with Crippen LogP contribution in [-0.4, -0.2) is 51.1 Å². The summed E-state index contributed by atoms with van der Waals surface area (Å²) in [6.07, 6.45) is 4.44. The number of ether oxygens (including phenoxy) is 3. The fourth-order valence-corrected chi connectivity index (χ4v) is 1.81. The predicted octanol–water partition coefficient (Wildman–Crippen LogP) is 1.50. The average molecular weight is 273 g/mol. The van der Waals surface area contributed by atoms with Gasteiger partial charge in [-0.05, 0) is 26.2 Å². The van der Waals surface area contributed by atoms with Crippen molar-refractivity contribution < 1.29 is 19.0 Å². The highest BCUT2D eigenvalue weighted by molar-refractivity contribution is 5.80. The number of esters is 1. The number of hydrogen-bond acceptors (Lipinski definition) is 5. The second kappa shape index (κ2) is 8.51. The van der Waals surface area contributed by atoms with Crippen molar-refractivity contribution in [2.75, 3.05) is 33.5 Å². The molecule has 5 nitrogen and oxygen atoms in total. The van der Waals surface area contributed by atoms with Crippen LogP contribution in [0.25, 0.3) is 0 Å². The first-order valence-electron chi connectivity index (χ1n) is 7.14. The van der Waals surface area contributed by atoms with Crippen LogP contribution in [0.15, 0.2) is 0 Å². The van der Waals surface area contributed by atoms with Crippen molar-refractivity contribution in [1.82, 2.24) is 5.32 Å². The fourth-order valence-electron chi connectivity index (χ4n) is 1.81. The Kier molecular flexibility index (Phi) is 7.34. The van der Waals surface area contributed by atoms with Crippen LogP contribution >= 0.6 is 0 Å². The summed E-state index contributed by atoms with van der Waals surface area (Å²) in [5, 5.41) is 3.29. The molecular formula is C14H27NO4. The largest absolute Gasteiger partial charge is 0.468 e. The Hall–Kier alpha value is -0.650. The van der Waals surface area contributed by atoms with E-state index in [2.05, 4.69) is 12.2 Å². The Morgan fingerprint density at radius 1 is 1.26 bits per heavy atom. The van der Waals surface area contributed by atoms with Gasteiger partial charge in [-0.15, -0.1) is 0 Å². The summed E-state index contributed by atoms with van der Waals surface area (Å²) in [6.45, 7) is 6.12. The lowest BCUT2D eigenvalue weighted by molar-refractivity contribution is -0.151. The van der Waals surface area contributed by atoms with Gasteiger partial charge in [0.05, 0.1) is 26.9 Å². The summed E-state index contributed by atoms with van der Waals surface area (Å²) in [5.74, 6) is -0.272. The van der Waals surface area contributed by atoms with Crippen molar-refractivity contribution in [2.45, 2.75) is 51.1 Å². The van der Waals surface area contributed by atoms with E-state index >= 15 is 0 Å². The molecule has 19 heavy (non-hydrogen) atoms. The SMILES string of the molecule is CCCCOCCOCC(C)(NC1CC1)C(=O)OC. The van der Waals surface area contributed by atoms with E-state index in [0.717, 1.165) is 32.3 Å². The minimum atomic E-state index is -0.751. The Bertz CT molecular complexity index is 268. The van der Waals surface area contributed by atoms with Crippen molar-refractivity contribution in [3.63, 3.8) is 0 Å². The van der Waals surface area contributed by atoms with Gasteiger partial charge in [-0.1, -0.05) is 13.3 Å². The number of carbonyl (C=O) groups excluding carboxylic acids is 1. The molecule has 0 aromatic rings. The predicted molar refractivity (Wildman–Crippen MR) is 73.1 cm³/mol. The monoisotopic (exact) mass is 273 g/mol.